The third kappa shape index (κ3) is 5.99. The molecular formula is C22H31IN6O2S. The number of imidazole rings is 1. The van der Waals surface area contributed by atoms with Crippen LogP contribution in [0.25, 0.3) is 11.0 Å². The molecule has 0 aliphatic carbocycles. The van der Waals surface area contributed by atoms with Crippen molar-refractivity contribution in [3.63, 3.8) is 0 Å². The standard InChI is InChI=1S/C22H30N6O2S.HI/c1-17-26-19-11-6-7-12-20(19)28(17)15-9-14-24-22(23-2)25-16-18-10-5-8-13-21(18)31(29,30)27(3)4;/h5-8,10-13H,9,14-16H2,1-4H3,(H2,23,24,25);1H. The second kappa shape index (κ2) is 11.6. The van der Waals surface area contributed by atoms with Crippen molar-refractivity contribution in [3.05, 3.63) is 59.9 Å². The number of aryl methyl sites for hydroxylation is 2. The van der Waals surface area contributed by atoms with E-state index in [-0.39, 0.29) is 24.0 Å². The van der Waals surface area contributed by atoms with E-state index in [1.807, 2.05) is 37.3 Å². The van der Waals surface area contributed by atoms with Crippen LogP contribution in [0.1, 0.15) is 17.8 Å². The summed E-state index contributed by atoms with van der Waals surface area (Å²) < 4.78 is 28.6. The smallest absolute Gasteiger partial charge is 0.242 e. The van der Waals surface area contributed by atoms with Crippen LogP contribution in [0.5, 0.6) is 0 Å². The van der Waals surface area contributed by atoms with Gasteiger partial charge < -0.3 is 15.2 Å². The summed E-state index contributed by atoms with van der Waals surface area (Å²) in [5, 5.41) is 6.50. The molecule has 0 unspecified atom stereocenters. The van der Waals surface area contributed by atoms with Gasteiger partial charge in [-0.25, -0.2) is 17.7 Å². The Bertz CT molecular complexity index is 1170. The molecule has 1 aromatic heterocycles. The molecule has 2 N–H and O–H groups in total. The van der Waals surface area contributed by atoms with Gasteiger partial charge in [0.05, 0.1) is 15.9 Å². The predicted octanol–water partition coefficient (Wildman–Crippen LogP) is 2.97. The third-order valence-corrected chi connectivity index (χ3v) is 7.01. The fourth-order valence-corrected chi connectivity index (χ4v) is 4.54. The van der Waals surface area contributed by atoms with Gasteiger partial charge in [-0.15, -0.1) is 24.0 Å². The highest BCUT2D eigenvalue weighted by atomic mass is 127. The highest BCUT2D eigenvalue weighted by molar-refractivity contribution is 14.0. The van der Waals surface area contributed by atoms with Gasteiger partial charge in [0, 0.05) is 40.8 Å². The molecule has 0 aliphatic rings. The average molecular weight is 571 g/mol. The zero-order chi connectivity index (χ0) is 22.4. The van der Waals surface area contributed by atoms with Gasteiger partial charge >= 0.3 is 0 Å². The van der Waals surface area contributed by atoms with Crippen molar-refractivity contribution in [2.24, 2.45) is 4.99 Å². The topological polar surface area (TPSA) is 91.6 Å². The van der Waals surface area contributed by atoms with Gasteiger partial charge in [0.2, 0.25) is 10.0 Å². The zero-order valence-corrected chi connectivity index (χ0v) is 22.0. The van der Waals surface area contributed by atoms with Crippen LogP contribution in [0.3, 0.4) is 0 Å². The van der Waals surface area contributed by atoms with Crippen molar-refractivity contribution in [1.29, 1.82) is 0 Å². The SMILES string of the molecule is CN=C(NCCCn1c(C)nc2ccccc21)NCc1ccccc1S(=O)(=O)N(C)C.I. The van der Waals surface area contributed by atoms with Crippen LogP contribution in [-0.4, -0.2) is 55.9 Å². The Morgan fingerprint density at radius 2 is 1.78 bits per heavy atom. The van der Waals surface area contributed by atoms with E-state index in [0.717, 1.165) is 36.4 Å². The fourth-order valence-electron chi connectivity index (χ4n) is 3.42. The molecule has 3 rings (SSSR count). The van der Waals surface area contributed by atoms with E-state index in [9.17, 15) is 8.42 Å². The van der Waals surface area contributed by atoms with Gasteiger partial charge in [-0.05, 0) is 37.1 Å². The summed E-state index contributed by atoms with van der Waals surface area (Å²) in [6.07, 6.45) is 0.896. The first-order chi connectivity index (χ1) is 14.8. The van der Waals surface area contributed by atoms with Gasteiger partial charge in [-0.1, -0.05) is 30.3 Å². The number of halogens is 1. The number of rotatable bonds is 8. The van der Waals surface area contributed by atoms with Crippen molar-refractivity contribution in [2.75, 3.05) is 27.7 Å². The Balaban J connectivity index is 0.00000363. The van der Waals surface area contributed by atoms with Crippen LogP contribution in [-0.2, 0) is 23.1 Å². The minimum absolute atomic E-state index is 0. The maximum Gasteiger partial charge on any atom is 0.242 e. The van der Waals surface area contributed by atoms with E-state index >= 15 is 0 Å². The van der Waals surface area contributed by atoms with Crippen LogP contribution >= 0.6 is 24.0 Å². The maximum atomic E-state index is 12.6. The van der Waals surface area contributed by atoms with Gasteiger partial charge in [0.15, 0.2) is 5.96 Å². The number of fused-ring (bicyclic) bond motifs is 1. The first-order valence-electron chi connectivity index (χ1n) is 10.2. The van der Waals surface area contributed by atoms with Crippen molar-refractivity contribution in [3.8, 4) is 0 Å². The molecule has 0 saturated carbocycles. The molecule has 3 aromatic rings. The number of hydrogen-bond donors (Lipinski definition) is 2. The Hall–Kier alpha value is -2.18. The second-order valence-corrected chi connectivity index (χ2v) is 9.52. The number of aliphatic imine (C=N–C) groups is 1. The van der Waals surface area contributed by atoms with Crippen LogP contribution in [0, 0.1) is 6.92 Å². The summed E-state index contributed by atoms with van der Waals surface area (Å²) in [6, 6.07) is 15.1. The summed E-state index contributed by atoms with van der Waals surface area (Å²) in [5.74, 6) is 1.63. The lowest BCUT2D eigenvalue weighted by Gasteiger charge is -2.17. The molecule has 0 spiro atoms. The lowest BCUT2D eigenvalue weighted by molar-refractivity contribution is 0.519. The van der Waals surface area contributed by atoms with Crippen molar-refractivity contribution in [2.45, 2.75) is 31.3 Å². The summed E-state index contributed by atoms with van der Waals surface area (Å²) in [7, 11) is 1.26. The van der Waals surface area contributed by atoms with Crippen LogP contribution in [0.2, 0.25) is 0 Å². The first kappa shape index (κ1) is 26.1. The molecule has 8 nitrogen and oxygen atoms in total. The first-order valence-corrected chi connectivity index (χ1v) is 11.7. The molecule has 0 radical (unpaired) electrons. The summed E-state index contributed by atoms with van der Waals surface area (Å²) >= 11 is 0. The molecule has 1 heterocycles. The molecule has 174 valence electrons. The van der Waals surface area contributed by atoms with E-state index in [1.54, 1.807) is 19.2 Å². The van der Waals surface area contributed by atoms with Gasteiger partial charge in [0.1, 0.15) is 5.82 Å². The minimum Gasteiger partial charge on any atom is -0.356 e. The summed E-state index contributed by atoms with van der Waals surface area (Å²) in [4.78, 5) is 9.14. The van der Waals surface area contributed by atoms with Crippen LogP contribution in [0.15, 0.2) is 58.4 Å². The van der Waals surface area contributed by atoms with E-state index in [4.69, 9.17) is 0 Å². The van der Waals surface area contributed by atoms with Crippen LogP contribution in [0.4, 0.5) is 0 Å². The molecule has 0 fully saturated rings. The lowest BCUT2D eigenvalue weighted by Crippen LogP contribution is -2.38. The van der Waals surface area contributed by atoms with Gasteiger partial charge in [-0.3, -0.25) is 4.99 Å². The Morgan fingerprint density at radius 3 is 2.50 bits per heavy atom. The summed E-state index contributed by atoms with van der Waals surface area (Å²) in [5.41, 5.74) is 2.85. The van der Waals surface area contributed by atoms with E-state index < -0.39 is 10.0 Å². The molecule has 0 saturated heterocycles. The molecule has 0 atom stereocenters. The molecule has 0 aliphatic heterocycles. The third-order valence-electron chi connectivity index (χ3n) is 5.10. The Labute approximate surface area is 207 Å². The highest BCUT2D eigenvalue weighted by Crippen LogP contribution is 2.18. The van der Waals surface area contributed by atoms with E-state index in [1.165, 1.54) is 18.4 Å². The number of sulfonamides is 1. The molecule has 0 bridgehead atoms. The predicted molar refractivity (Wildman–Crippen MR) is 140 cm³/mol. The summed E-state index contributed by atoms with van der Waals surface area (Å²) in [6.45, 7) is 3.95. The number of nitrogens with zero attached hydrogens (tertiary/aromatic N) is 4. The van der Waals surface area contributed by atoms with Gasteiger partial charge in [0.25, 0.3) is 0 Å². The average Bonchev–Trinajstić information content (AvgIpc) is 3.08. The zero-order valence-electron chi connectivity index (χ0n) is 18.9. The van der Waals surface area contributed by atoms with E-state index in [2.05, 4.69) is 31.2 Å². The monoisotopic (exact) mass is 570 g/mol. The normalized spacial score (nSPS) is 12.1. The second-order valence-electron chi connectivity index (χ2n) is 7.40. The molecule has 10 heteroatoms. The maximum absolute atomic E-state index is 12.6. The Kier molecular flexibility index (Phi) is 9.47. The van der Waals surface area contributed by atoms with E-state index in [0.29, 0.717) is 23.0 Å². The number of para-hydroxylation sites is 2. The minimum atomic E-state index is -3.51. The lowest BCUT2D eigenvalue weighted by atomic mass is 10.2. The fraction of sp³-hybridized carbons (Fsp3) is 0.364. The molecular weight excluding hydrogens is 539 g/mol. The number of guanidine groups is 1. The van der Waals surface area contributed by atoms with Crippen molar-refractivity contribution >= 4 is 51.0 Å². The van der Waals surface area contributed by atoms with Gasteiger partial charge in [-0.2, -0.15) is 0 Å². The number of hydrogen-bond acceptors (Lipinski definition) is 4. The number of nitrogens with one attached hydrogen (secondary N) is 2. The largest absolute Gasteiger partial charge is 0.356 e. The number of benzene rings is 2. The van der Waals surface area contributed by atoms with Crippen LogP contribution < -0.4 is 10.6 Å². The molecule has 32 heavy (non-hydrogen) atoms. The van der Waals surface area contributed by atoms with Crippen molar-refractivity contribution in [1.82, 2.24) is 24.5 Å². The quantitative estimate of drug-likeness (QED) is 0.188. The van der Waals surface area contributed by atoms with Crippen molar-refractivity contribution < 1.29 is 8.42 Å². The highest BCUT2D eigenvalue weighted by Gasteiger charge is 2.20. The number of aromatic nitrogens is 2. The molecule has 2 aromatic carbocycles. The Morgan fingerprint density at radius 1 is 1.09 bits per heavy atom. The molecule has 0 amide bonds.